The fourth-order valence-electron chi connectivity index (χ4n) is 3.58. The van der Waals surface area contributed by atoms with Crippen LogP contribution in [0.1, 0.15) is 42.1 Å². The molecular weight excluding hydrogens is 298 g/mol. The van der Waals surface area contributed by atoms with Crippen LogP contribution in [0, 0.1) is 0 Å². The molecule has 1 saturated heterocycles. The summed E-state index contributed by atoms with van der Waals surface area (Å²) >= 11 is 0. The average Bonchev–Trinajstić information content (AvgIpc) is 2.68. The number of carbonyl (C=O) groups excluding carboxylic acids is 1. The minimum Gasteiger partial charge on any atom is -0.497 e. The summed E-state index contributed by atoms with van der Waals surface area (Å²) < 4.78 is 5.21. The first kappa shape index (κ1) is 16.7. The number of benzene rings is 2. The summed E-state index contributed by atoms with van der Waals surface area (Å²) in [6, 6.07) is 17.6. The van der Waals surface area contributed by atoms with Crippen molar-refractivity contribution in [2.24, 2.45) is 0 Å². The molecule has 1 unspecified atom stereocenters. The summed E-state index contributed by atoms with van der Waals surface area (Å²) in [5, 5.41) is 0. The van der Waals surface area contributed by atoms with E-state index in [2.05, 4.69) is 24.0 Å². The first-order valence-corrected chi connectivity index (χ1v) is 8.65. The van der Waals surface area contributed by atoms with Crippen molar-refractivity contribution in [3.05, 3.63) is 65.7 Å². The van der Waals surface area contributed by atoms with Gasteiger partial charge in [-0.25, -0.2) is 0 Å². The van der Waals surface area contributed by atoms with Crippen molar-refractivity contribution in [2.45, 2.75) is 31.7 Å². The molecule has 126 valence electrons. The van der Waals surface area contributed by atoms with E-state index in [0.29, 0.717) is 0 Å². The van der Waals surface area contributed by atoms with E-state index in [-0.39, 0.29) is 5.78 Å². The largest absolute Gasteiger partial charge is 0.497 e. The summed E-state index contributed by atoms with van der Waals surface area (Å²) in [7, 11) is 1.64. The third-order valence-electron chi connectivity index (χ3n) is 5.12. The first-order valence-electron chi connectivity index (χ1n) is 8.65. The third kappa shape index (κ3) is 3.09. The van der Waals surface area contributed by atoms with Crippen LogP contribution in [0.3, 0.4) is 0 Å². The predicted molar refractivity (Wildman–Crippen MR) is 96.5 cm³/mol. The van der Waals surface area contributed by atoms with Crippen molar-refractivity contribution in [1.29, 1.82) is 0 Å². The number of Topliss-reactive ketones (excluding diaryl/α,β-unsaturated/α-hetero) is 1. The van der Waals surface area contributed by atoms with Gasteiger partial charge in [0.05, 0.1) is 7.11 Å². The normalized spacial score (nSPS) is 17.9. The smallest absolute Gasteiger partial charge is 0.187 e. The molecule has 0 saturated carbocycles. The molecule has 3 nitrogen and oxygen atoms in total. The van der Waals surface area contributed by atoms with Crippen molar-refractivity contribution >= 4 is 5.78 Å². The molecule has 2 aromatic rings. The van der Waals surface area contributed by atoms with E-state index in [0.717, 1.165) is 42.8 Å². The summed E-state index contributed by atoms with van der Waals surface area (Å²) in [4.78, 5) is 15.8. The third-order valence-corrected chi connectivity index (χ3v) is 5.12. The molecule has 24 heavy (non-hydrogen) atoms. The lowest BCUT2D eigenvalue weighted by molar-refractivity contribution is 0.0509. The van der Waals surface area contributed by atoms with Crippen molar-refractivity contribution in [3.8, 4) is 5.75 Å². The summed E-state index contributed by atoms with van der Waals surface area (Å²) in [5.74, 6) is 0.921. The van der Waals surface area contributed by atoms with Gasteiger partial charge in [-0.15, -0.1) is 0 Å². The Labute approximate surface area is 144 Å². The molecule has 0 bridgehead atoms. The molecule has 1 aliphatic heterocycles. The number of nitrogens with zero attached hydrogens (tertiary/aromatic N) is 1. The number of ether oxygens (including phenoxy) is 1. The Hall–Kier alpha value is -2.13. The van der Waals surface area contributed by atoms with Gasteiger partial charge < -0.3 is 4.74 Å². The van der Waals surface area contributed by atoms with E-state index in [4.69, 9.17) is 4.74 Å². The Morgan fingerprint density at radius 2 is 1.58 bits per heavy atom. The van der Waals surface area contributed by atoms with Crippen LogP contribution in [0.2, 0.25) is 0 Å². The molecule has 1 atom stereocenters. The van der Waals surface area contributed by atoms with Crippen LogP contribution in [0.5, 0.6) is 5.75 Å². The lowest BCUT2D eigenvalue weighted by Gasteiger charge is -2.42. The lowest BCUT2D eigenvalue weighted by Crippen LogP contribution is -2.51. The van der Waals surface area contributed by atoms with Gasteiger partial charge in [0.1, 0.15) is 11.3 Å². The van der Waals surface area contributed by atoms with Gasteiger partial charge in [-0.1, -0.05) is 36.8 Å². The Morgan fingerprint density at radius 3 is 2.17 bits per heavy atom. The minimum absolute atomic E-state index is 0.151. The van der Waals surface area contributed by atoms with Crippen LogP contribution < -0.4 is 4.74 Å². The summed E-state index contributed by atoms with van der Waals surface area (Å²) in [5.41, 5.74) is 1.16. The maximum atomic E-state index is 13.5. The molecule has 3 heteroatoms. The zero-order valence-corrected chi connectivity index (χ0v) is 14.5. The van der Waals surface area contributed by atoms with Crippen molar-refractivity contribution < 1.29 is 9.53 Å². The zero-order valence-electron chi connectivity index (χ0n) is 14.5. The SMILES string of the molecule is COc1ccc(C(=O)C(C)(c2ccccc2)N2CCCCC2)cc1. The summed E-state index contributed by atoms with van der Waals surface area (Å²) in [6.45, 7) is 4.00. The van der Waals surface area contributed by atoms with Gasteiger partial charge in [0.25, 0.3) is 0 Å². The highest BCUT2D eigenvalue weighted by molar-refractivity contribution is 6.03. The van der Waals surface area contributed by atoms with Crippen LogP contribution >= 0.6 is 0 Å². The van der Waals surface area contributed by atoms with Gasteiger partial charge in [-0.3, -0.25) is 9.69 Å². The van der Waals surface area contributed by atoms with Crippen LogP contribution in [-0.2, 0) is 5.54 Å². The highest BCUT2D eigenvalue weighted by Gasteiger charge is 2.41. The van der Waals surface area contributed by atoms with Crippen LogP contribution in [0.4, 0.5) is 0 Å². The Morgan fingerprint density at radius 1 is 0.958 bits per heavy atom. The molecular formula is C21H25NO2. The van der Waals surface area contributed by atoms with Crippen LogP contribution in [0.15, 0.2) is 54.6 Å². The molecule has 0 aliphatic carbocycles. The minimum atomic E-state index is -0.629. The van der Waals surface area contributed by atoms with Crippen LogP contribution in [-0.4, -0.2) is 30.9 Å². The van der Waals surface area contributed by atoms with Gasteiger partial charge in [0.15, 0.2) is 5.78 Å². The molecule has 3 rings (SSSR count). The standard InChI is InChI=1S/C21H25NO2/c1-21(18-9-5-3-6-10-18,22-15-7-4-8-16-22)20(23)17-11-13-19(24-2)14-12-17/h3,5-6,9-14H,4,7-8,15-16H2,1-2H3. The molecule has 0 amide bonds. The van der Waals surface area contributed by atoms with Gasteiger partial charge in [0, 0.05) is 5.56 Å². The molecule has 0 aromatic heterocycles. The van der Waals surface area contributed by atoms with E-state index in [1.54, 1.807) is 7.11 Å². The topological polar surface area (TPSA) is 29.5 Å². The number of hydrogen-bond donors (Lipinski definition) is 0. The number of ketones is 1. The van der Waals surface area contributed by atoms with E-state index in [1.807, 2.05) is 42.5 Å². The van der Waals surface area contributed by atoms with Crippen molar-refractivity contribution in [3.63, 3.8) is 0 Å². The first-order chi connectivity index (χ1) is 11.7. The second-order valence-electron chi connectivity index (χ2n) is 6.54. The highest BCUT2D eigenvalue weighted by Crippen LogP contribution is 2.34. The van der Waals surface area contributed by atoms with Crippen molar-refractivity contribution in [2.75, 3.05) is 20.2 Å². The number of hydrogen-bond acceptors (Lipinski definition) is 3. The number of rotatable bonds is 5. The summed E-state index contributed by atoms with van der Waals surface area (Å²) in [6.07, 6.45) is 3.55. The molecule has 0 N–H and O–H groups in total. The van der Waals surface area contributed by atoms with E-state index < -0.39 is 5.54 Å². The highest BCUT2D eigenvalue weighted by atomic mass is 16.5. The fraction of sp³-hybridized carbons (Fsp3) is 0.381. The number of piperidine rings is 1. The molecule has 0 radical (unpaired) electrons. The molecule has 1 aliphatic rings. The molecule has 1 heterocycles. The molecule has 1 fully saturated rings. The van der Waals surface area contributed by atoms with E-state index in [9.17, 15) is 4.79 Å². The monoisotopic (exact) mass is 323 g/mol. The maximum absolute atomic E-state index is 13.5. The average molecular weight is 323 g/mol. The maximum Gasteiger partial charge on any atom is 0.187 e. The van der Waals surface area contributed by atoms with E-state index >= 15 is 0 Å². The second kappa shape index (κ2) is 7.18. The lowest BCUT2D eigenvalue weighted by atomic mass is 9.81. The zero-order chi connectivity index (χ0) is 17.0. The number of likely N-dealkylation sites (tertiary alicyclic amines) is 1. The second-order valence-corrected chi connectivity index (χ2v) is 6.54. The Kier molecular flexibility index (Phi) is 5.00. The van der Waals surface area contributed by atoms with Gasteiger partial charge >= 0.3 is 0 Å². The fourth-order valence-corrected chi connectivity index (χ4v) is 3.58. The molecule has 2 aromatic carbocycles. The predicted octanol–water partition coefficient (Wildman–Crippen LogP) is 4.28. The molecule has 0 spiro atoms. The van der Waals surface area contributed by atoms with Gasteiger partial charge in [0.2, 0.25) is 0 Å². The van der Waals surface area contributed by atoms with Crippen LogP contribution in [0.25, 0.3) is 0 Å². The van der Waals surface area contributed by atoms with Gasteiger partial charge in [-0.05, 0) is 62.7 Å². The number of carbonyl (C=O) groups is 1. The Balaban J connectivity index is 2.01. The van der Waals surface area contributed by atoms with E-state index in [1.165, 1.54) is 6.42 Å². The van der Waals surface area contributed by atoms with Gasteiger partial charge in [-0.2, -0.15) is 0 Å². The van der Waals surface area contributed by atoms with Crippen molar-refractivity contribution in [1.82, 2.24) is 4.90 Å². The Bertz CT molecular complexity index is 675. The number of methoxy groups -OCH3 is 1. The quantitative estimate of drug-likeness (QED) is 0.769.